The van der Waals surface area contributed by atoms with E-state index in [1.165, 1.54) is 31.3 Å². The van der Waals surface area contributed by atoms with Crippen molar-refractivity contribution in [2.24, 2.45) is 0 Å². The van der Waals surface area contributed by atoms with Gasteiger partial charge in [-0.25, -0.2) is 0 Å². The Balaban J connectivity index is 2.18. The predicted octanol–water partition coefficient (Wildman–Crippen LogP) is 2.30. The minimum atomic E-state index is -0.804. The number of nitrogens with zero attached hydrogens (tertiary/aromatic N) is 2. The second kappa shape index (κ2) is 9.82. The van der Waals surface area contributed by atoms with E-state index in [1.54, 1.807) is 13.8 Å². The van der Waals surface area contributed by atoms with E-state index in [0.717, 1.165) is 16.7 Å². The monoisotopic (exact) mass is 415 g/mol. The molecule has 9 nitrogen and oxygen atoms in total. The van der Waals surface area contributed by atoms with Gasteiger partial charge in [0.1, 0.15) is 0 Å². The van der Waals surface area contributed by atoms with E-state index < -0.39 is 29.7 Å². The molecule has 0 unspecified atom stereocenters. The molecular weight excluding hydrogens is 390 g/mol. The zero-order valence-electron chi connectivity index (χ0n) is 17.6. The van der Waals surface area contributed by atoms with Gasteiger partial charge in [0.25, 0.3) is 11.7 Å². The zero-order chi connectivity index (χ0) is 22.4. The van der Waals surface area contributed by atoms with E-state index >= 15 is 0 Å². The maximum absolute atomic E-state index is 12.6. The van der Waals surface area contributed by atoms with Gasteiger partial charge in [-0.2, -0.15) is 5.10 Å². The highest BCUT2D eigenvalue weighted by atomic mass is 16.5. The number of aromatic nitrogens is 2. The standard InChI is InChI=1S/C21H25N3O6/c1-12-6-13(2)19(14(3)7-12)20(27)21(28)23-15-10-22-24(11-15)16(8-17(25)29-4)9-18(26)30-5/h6-7,10-11,16H,8-9H2,1-5H3,(H,23,28). The van der Waals surface area contributed by atoms with Gasteiger partial charge in [-0.05, 0) is 31.9 Å². The van der Waals surface area contributed by atoms with Gasteiger partial charge in [-0.3, -0.25) is 23.9 Å². The summed E-state index contributed by atoms with van der Waals surface area (Å²) in [5.74, 6) is -2.50. The molecule has 1 aromatic carbocycles. The van der Waals surface area contributed by atoms with Crippen molar-refractivity contribution in [3.05, 3.63) is 46.8 Å². The van der Waals surface area contributed by atoms with Crippen LogP contribution < -0.4 is 5.32 Å². The Morgan fingerprint density at radius 2 is 1.53 bits per heavy atom. The summed E-state index contributed by atoms with van der Waals surface area (Å²) < 4.78 is 10.7. The van der Waals surface area contributed by atoms with Gasteiger partial charge in [0.05, 0.1) is 45.0 Å². The summed E-state index contributed by atoms with van der Waals surface area (Å²) in [4.78, 5) is 48.4. The van der Waals surface area contributed by atoms with Gasteiger partial charge in [-0.15, -0.1) is 0 Å². The van der Waals surface area contributed by atoms with Gasteiger partial charge < -0.3 is 14.8 Å². The third-order valence-electron chi connectivity index (χ3n) is 4.60. The topological polar surface area (TPSA) is 117 Å². The van der Waals surface area contributed by atoms with E-state index in [2.05, 4.69) is 19.9 Å². The molecule has 0 spiro atoms. The van der Waals surface area contributed by atoms with E-state index in [1.807, 2.05) is 19.1 Å². The molecule has 1 aromatic heterocycles. The van der Waals surface area contributed by atoms with Crippen molar-refractivity contribution in [1.82, 2.24) is 9.78 Å². The largest absolute Gasteiger partial charge is 0.469 e. The quantitative estimate of drug-likeness (QED) is 0.399. The first-order valence-electron chi connectivity index (χ1n) is 9.27. The van der Waals surface area contributed by atoms with Crippen molar-refractivity contribution in [1.29, 1.82) is 0 Å². The Morgan fingerprint density at radius 1 is 1.00 bits per heavy atom. The lowest BCUT2D eigenvalue weighted by Crippen LogP contribution is -2.24. The van der Waals surface area contributed by atoms with Crippen LogP contribution in [-0.2, 0) is 23.9 Å². The summed E-state index contributed by atoms with van der Waals surface area (Å²) in [6, 6.07) is 3.03. The average Bonchev–Trinajstić information content (AvgIpc) is 3.14. The van der Waals surface area contributed by atoms with Crippen molar-refractivity contribution < 1.29 is 28.7 Å². The van der Waals surface area contributed by atoms with Crippen LogP contribution in [0.5, 0.6) is 0 Å². The Labute approximate surface area is 174 Å². The van der Waals surface area contributed by atoms with Crippen LogP contribution in [0.1, 0.15) is 45.9 Å². The fourth-order valence-corrected chi connectivity index (χ4v) is 3.25. The van der Waals surface area contributed by atoms with Crippen LogP contribution in [-0.4, -0.2) is 47.6 Å². The highest BCUT2D eigenvalue weighted by molar-refractivity contribution is 6.47. The second-order valence-electron chi connectivity index (χ2n) is 6.98. The first kappa shape index (κ1) is 22.8. The molecule has 2 rings (SSSR count). The Bertz CT molecular complexity index is 938. The molecule has 0 aliphatic heterocycles. The molecule has 0 bridgehead atoms. The van der Waals surface area contributed by atoms with Gasteiger partial charge in [0.15, 0.2) is 0 Å². The lowest BCUT2D eigenvalue weighted by atomic mass is 9.96. The highest BCUT2D eigenvalue weighted by Gasteiger charge is 2.24. The molecule has 160 valence electrons. The predicted molar refractivity (Wildman–Crippen MR) is 108 cm³/mol. The number of nitrogens with one attached hydrogen (secondary N) is 1. The van der Waals surface area contributed by atoms with Crippen LogP contribution >= 0.6 is 0 Å². The number of ketones is 1. The number of carbonyl (C=O) groups is 4. The number of hydrogen-bond acceptors (Lipinski definition) is 7. The Hall–Kier alpha value is -3.49. The van der Waals surface area contributed by atoms with Crippen molar-refractivity contribution in [2.75, 3.05) is 19.5 Å². The van der Waals surface area contributed by atoms with Crippen LogP contribution in [0.3, 0.4) is 0 Å². The maximum atomic E-state index is 12.6. The minimum Gasteiger partial charge on any atom is -0.469 e. The number of methoxy groups -OCH3 is 2. The second-order valence-corrected chi connectivity index (χ2v) is 6.98. The molecule has 9 heteroatoms. The first-order valence-corrected chi connectivity index (χ1v) is 9.27. The molecule has 0 saturated carbocycles. The number of aryl methyl sites for hydroxylation is 3. The van der Waals surface area contributed by atoms with Gasteiger partial charge in [0, 0.05) is 11.8 Å². The average molecular weight is 415 g/mol. The molecule has 1 N–H and O–H groups in total. The molecule has 0 aliphatic carbocycles. The molecule has 0 radical (unpaired) electrons. The van der Waals surface area contributed by atoms with E-state index in [-0.39, 0.29) is 18.5 Å². The van der Waals surface area contributed by atoms with Crippen LogP contribution in [0, 0.1) is 20.8 Å². The normalized spacial score (nSPS) is 10.6. The molecule has 0 saturated heterocycles. The molecule has 30 heavy (non-hydrogen) atoms. The van der Waals surface area contributed by atoms with Crippen molar-refractivity contribution in [3.8, 4) is 0 Å². The summed E-state index contributed by atoms with van der Waals surface area (Å²) in [7, 11) is 2.49. The molecule has 0 fully saturated rings. The highest BCUT2D eigenvalue weighted by Crippen LogP contribution is 2.21. The summed E-state index contributed by atoms with van der Waals surface area (Å²) in [5.41, 5.74) is 3.07. The maximum Gasteiger partial charge on any atom is 0.307 e. The molecular formula is C21H25N3O6. The Morgan fingerprint density at radius 3 is 2.03 bits per heavy atom. The summed E-state index contributed by atoms with van der Waals surface area (Å²) in [5, 5.41) is 6.61. The number of ether oxygens (including phenoxy) is 2. The van der Waals surface area contributed by atoms with E-state index in [4.69, 9.17) is 0 Å². The SMILES string of the molecule is COC(=O)CC(CC(=O)OC)n1cc(NC(=O)C(=O)c2c(C)cc(C)cc2C)cn1. The van der Waals surface area contributed by atoms with Crippen molar-refractivity contribution >= 4 is 29.3 Å². The van der Waals surface area contributed by atoms with Gasteiger partial charge in [-0.1, -0.05) is 17.7 Å². The third kappa shape index (κ3) is 5.53. The molecule has 0 aliphatic rings. The fraction of sp³-hybridized carbons (Fsp3) is 0.381. The first-order chi connectivity index (χ1) is 14.2. The number of benzene rings is 1. The number of hydrogen-bond donors (Lipinski definition) is 1. The van der Waals surface area contributed by atoms with Crippen LogP contribution in [0.2, 0.25) is 0 Å². The number of anilines is 1. The molecule has 1 heterocycles. The van der Waals surface area contributed by atoms with E-state index in [9.17, 15) is 19.2 Å². The Kier molecular flexibility index (Phi) is 7.46. The fourth-order valence-electron chi connectivity index (χ4n) is 3.25. The lowest BCUT2D eigenvalue weighted by Gasteiger charge is -2.15. The van der Waals surface area contributed by atoms with Crippen LogP contribution in [0.25, 0.3) is 0 Å². The van der Waals surface area contributed by atoms with Gasteiger partial charge in [0.2, 0.25) is 0 Å². The van der Waals surface area contributed by atoms with Crippen LogP contribution in [0.4, 0.5) is 5.69 Å². The number of amides is 1. The number of rotatable bonds is 8. The zero-order valence-corrected chi connectivity index (χ0v) is 17.6. The summed E-state index contributed by atoms with van der Waals surface area (Å²) in [6.45, 7) is 5.48. The summed E-state index contributed by atoms with van der Waals surface area (Å²) in [6.07, 6.45) is 2.56. The smallest absolute Gasteiger partial charge is 0.307 e. The number of Topliss-reactive ketones (excluding diaryl/α,β-unsaturated/α-hetero) is 1. The van der Waals surface area contributed by atoms with Crippen molar-refractivity contribution in [2.45, 2.75) is 39.7 Å². The van der Waals surface area contributed by atoms with E-state index in [0.29, 0.717) is 5.56 Å². The van der Waals surface area contributed by atoms with Gasteiger partial charge >= 0.3 is 11.9 Å². The van der Waals surface area contributed by atoms with Crippen molar-refractivity contribution in [3.63, 3.8) is 0 Å². The minimum absolute atomic E-state index is 0.110. The third-order valence-corrected chi connectivity index (χ3v) is 4.60. The lowest BCUT2D eigenvalue weighted by molar-refractivity contribution is -0.144. The number of carbonyl (C=O) groups excluding carboxylic acids is 4. The van der Waals surface area contributed by atoms with Crippen LogP contribution in [0.15, 0.2) is 24.5 Å². The summed E-state index contributed by atoms with van der Waals surface area (Å²) >= 11 is 0. The molecule has 0 atom stereocenters. The molecule has 1 amide bonds. The molecule has 2 aromatic rings. The number of esters is 2.